The minimum absolute atomic E-state index is 1.14. The number of aromatic nitrogens is 1. The average molecular weight is 166 g/mol. The first kappa shape index (κ1) is 10.8. The summed E-state index contributed by atoms with van der Waals surface area (Å²) in [5.74, 6) is 0. The van der Waals surface area contributed by atoms with Crippen LogP contribution in [0.15, 0.2) is 6.20 Å². The fourth-order valence-corrected chi connectivity index (χ4v) is 0.954. The Morgan fingerprint density at radius 3 is 2.00 bits per heavy atom. The smallest absolute Gasteiger partial charge is 0.0404 e. The second kappa shape index (κ2) is 4.59. The van der Waals surface area contributed by atoms with Gasteiger partial charge in [-0.3, -0.25) is 4.98 Å². The topological polar surface area (TPSA) is 53.8 Å². The number of hydrogen-bond acceptors (Lipinski definition) is 3. The first-order chi connectivity index (χ1) is 5.63. The number of rotatable bonds is 0. The second-order valence-corrected chi connectivity index (χ2v) is 2.78. The van der Waals surface area contributed by atoms with Gasteiger partial charge in [0.05, 0.1) is 0 Å². The van der Waals surface area contributed by atoms with Crippen molar-refractivity contribution >= 4 is 0 Å². The lowest BCUT2D eigenvalue weighted by molar-refractivity contribution is 1.09. The summed E-state index contributed by atoms with van der Waals surface area (Å²) in [4.78, 5) is 11.7. The number of aryl methyl sites for hydroxylation is 2. The Hall–Kier alpha value is -1.25. The predicted octanol–water partition coefficient (Wildman–Crippen LogP) is 2.65. The highest BCUT2D eigenvalue weighted by Crippen LogP contribution is 2.12. The molecule has 1 rings (SSSR count). The van der Waals surface area contributed by atoms with Gasteiger partial charge in [0.25, 0.3) is 0 Å². The fourth-order valence-electron chi connectivity index (χ4n) is 0.954. The summed E-state index contributed by atoms with van der Waals surface area (Å²) >= 11 is 0. The maximum absolute atomic E-state index is 7.50. The Kier molecular flexibility index (Phi) is 4.11. The lowest BCUT2D eigenvalue weighted by Crippen LogP contribution is -1.92. The van der Waals surface area contributed by atoms with Crippen LogP contribution in [0.4, 0.5) is 0 Å². The van der Waals surface area contributed by atoms with E-state index in [0.29, 0.717) is 0 Å². The van der Waals surface area contributed by atoms with Crippen LogP contribution >= 0.6 is 0 Å². The van der Waals surface area contributed by atoms with Gasteiger partial charge in [0.15, 0.2) is 0 Å². The van der Waals surface area contributed by atoms with Crippen LogP contribution in [0.3, 0.4) is 0 Å². The van der Waals surface area contributed by atoms with E-state index in [9.17, 15) is 0 Å². The molecule has 3 nitrogen and oxygen atoms in total. The van der Waals surface area contributed by atoms with Gasteiger partial charge in [-0.15, -0.1) is 0 Å². The van der Waals surface area contributed by atoms with E-state index in [0.717, 1.165) is 5.69 Å². The van der Waals surface area contributed by atoms with Crippen molar-refractivity contribution in [1.82, 2.24) is 4.98 Å². The molecule has 1 N–H and O–H groups in total. The van der Waals surface area contributed by atoms with E-state index in [1.807, 2.05) is 13.1 Å². The standard InChI is InChI=1S/C9H13N.HNO/c1-6-5-10-9(4)8(3)7(6)2;1-2/h5H,1-4H3;1H. The van der Waals surface area contributed by atoms with Gasteiger partial charge in [0.1, 0.15) is 0 Å². The third-order valence-corrected chi connectivity index (χ3v) is 2.15. The molecule has 0 fully saturated rings. The molecule has 0 aliphatic heterocycles. The van der Waals surface area contributed by atoms with Crippen molar-refractivity contribution in [3.63, 3.8) is 0 Å². The molecule has 3 heteroatoms. The monoisotopic (exact) mass is 166 g/mol. The molecule has 0 saturated carbocycles. The Morgan fingerprint density at radius 2 is 1.58 bits per heavy atom. The van der Waals surface area contributed by atoms with Gasteiger partial charge >= 0.3 is 0 Å². The summed E-state index contributed by atoms with van der Waals surface area (Å²) < 4.78 is 0. The van der Waals surface area contributed by atoms with Gasteiger partial charge in [-0.1, -0.05) is 5.59 Å². The molecule has 0 aromatic carbocycles. The molecular formula is C9H14N2O. The number of hydrogen-bond donors (Lipinski definition) is 1. The Labute approximate surface area is 72.6 Å². The first-order valence-corrected chi connectivity index (χ1v) is 3.72. The normalized spacial score (nSPS) is 8.67. The summed E-state index contributed by atoms with van der Waals surface area (Å²) in [6.45, 7) is 8.39. The van der Waals surface area contributed by atoms with E-state index in [4.69, 9.17) is 4.91 Å². The molecule has 0 bridgehead atoms. The van der Waals surface area contributed by atoms with Crippen molar-refractivity contribution in [3.8, 4) is 0 Å². The largest absolute Gasteiger partial charge is 0.261 e. The van der Waals surface area contributed by atoms with Crippen molar-refractivity contribution in [2.24, 2.45) is 0 Å². The summed E-state index contributed by atoms with van der Waals surface area (Å²) in [6.07, 6.45) is 1.93. The maximum Gasteiger partial charge on any atom is 0.0404 e. The molecule has 66 valence electrons. The van der Waals surface area contributed by atoms with Crippen molar-refractivity contribution < 1.29 is 0 Å². The van der Waals surface area contributed by atoms with Crippen LogP contribution in [0.25, 0.3) is 0 Å². The quantitative estimate of drug-likeness (QED) is 0.602. The minimum Gasteiger partial charge on any atom is -0.261 e. The molecule has 0 aliphatic carbocycles. The van der Waals surface area contributed by atoms with Gasteiger partial charge in [-0.25, -0.2) is 0 Å². The number of pyridine rings is 1. The highest BCUT2D eigenvalue weighted by atomic mass is 16.2. The van der Waals surface area contributed by atoms with Crippen molar-refractivity contribution in [2.75, 3.05) is 0 Å². The van der Waals surface area contributed by atoms with Crippen LogP contribution in [0.5, 0.6) is 0 Å². The van der Waals surface area contributed by atoms with Crippen LogP contribution in [0, 0.1) is 38.2 Å². The maximum atomic E-state index is 7.50. The van der Waals surface area contributed by atoms with Crippen molar-refractivity contribution in [3.05, 3.63) is 33.5 Å². The number of nitrogens with one attached hydrogen (secondary N) is 1. The predicted molar refractivity (Wildman–Crippen MR) is 49.3 cm³/mol. The molecule has 0 atom stereocenters. The Balaban J connectivity index is 0.000000561. The Bertz CT molecular complexity index is 244. The van der Waals surface area contributed by atoms with Crippen LogP contribution in [0.1, 0.15) is 22.4 Å². The van der Waals surface area contributed by atoms with Crippen LogP contribution in [0.2, 0.25) is 0 Å². The molecule has 0 unspecified atom stereocenters. The van der Waals surface area contributed by atoms with E-state index >= 15 is 0 Å². The molecule has 0 spiro atoms. The van der Waals surface area contributed by atoms with E-state index in [2.05, 4.69) is 31.3 Å². The third kappa shape index (κ3) is 2.12. The highest BCUT2D eigenvalue weighted by molar-refractivity contribution is 5.32. The zero-order chi connectivity index (χ0) is 9.72. The van der Waals surface area contributed by atoms with Gasteiger partial charge in [-0.2, -0.15) is 4.91 Å². The lowest BCUT2D eigenvalue weighted by atomic mass is 10.1. The fraction of sp³-hybridized carbons (Fsp3) is 0.444. The van der Waals surface area contributed by atoms with E-state index in [1.54, 1.807) is 0 Å². The summed E-state index contributed by atoms with van der Waals surface area (Å²) in [5, 5.41) is 0. The molecule has 0 saturated heterocycles. The minimum atomic E-state index is 1.14. The highest BCUT2D eigenvalue weighted by Gasteiger charge is 1.98. The molecule has 0 radical (unpaired) electrons. The van der Waals surface area contributed by atoms with Gasteiger partial charge in [0.2, 0.25) is 0 Å². The van der Waals surface area contributed by atoms with Crippen LogP contribution in [-0.2, 0) is 0 Å². The molecule has 0 aliphatic rings. The summed E-state index contributed by atoms with van der Waals surface area (Å²) in [6, 6.07) is 0. The molecule has 12 heavy (non-hydrogen) atoms. The number of nitroso groups, excluding NO2 is 1. The third-order valence-electron chi connectivity index (χ3n) is 2.15. The van der Waals surface area contributed by atoms with Crippen LogP contribution in [-0.4, -0.2) is 4.98 Å². The van der Waals surface area contributed by atoms with Gasteiger partial charge in [-0.05, 0) is 44.4 Å². The Morgan fingerprint density at radius 1 is 1.08 bits per heavy atom. The zero-order valence-corrected chi connectivity index (χ0v) is 7.93. The summed E-state index contributed by atoms with van der Waals surface area (Å²) in [7, 11) is 0. The summed E-state index contributed by atoms with van der Waals surface area (Å²) in [5.41, 5.74) is 9.61. The number of nitrogens with zero attached hydrogens (tertiary/aromatic N) is 1. The average Bonchev–Trinajstić information content (AvgIpc) is 2.12. The van der Waals surface area contributed by atoms with E-state index in [1.165, 1.54) is 16.7 Å². The first-order valence-electron chi connectivity index (χ1n) is 3.72. The molecule has 0 amide bonds. The van der Waals surface area contributed by atoms with Crippen molar-refractivity contribution in [2.45, 2.75) is 27.7 Å². The van der Waals surface area contributed by atoms with Crippen LogP contribution < -0.4 is 0 Å². The molecule has 1 heterocycles. The van der Waals surface area contributed by atoms with Gasteiger partial charge in [0, 0.05) is 11.9 Å². The second-order valence-electron chi connectivity index (χ2n) is 2.78. The zero-order valence-electron chi connectivity index (χ0n) is 7.93. The molecule has 1 aromatic heterocycles. The lowest BCUT2D eigenvalue weighted by Gasteiger charge is -2.05. The van der Waals surface area contributed by atoms with E-state index in [-0.39, 0.29) is 0 Å². The molecule has 1 aromatic rings. The molecular weight excluding hydrogens is 152 g/mol. The SMILES string of the molecule is Cc1cnc(C)c(C)c1C.N=O. The van der Waals surface area contributed by atoms with Crippen molar-refractivity contribution in [1.29, 1.82) is 5.59 Å². The van der Waals surface area contributed by atoms with E-state index < -0.39 is 0 Å². The van der Waals surface area contributed by atoms with Gasteiger partial charge < -0.3 is 0 Å².